The Bertz CT molecular complexity index is 2170. The predicted octanol–water partition coefficient (Wildman–Crippen LogP) is 9.30. The minimum absolute atomic E-state index is 0.249. The van der Waals surface area contributed by atoms with Crippen LogP contribution in [-0.2, 0) is 19.9 Å². The molecule has 7 aromatic rings. The van der Waals surface area contributed by atoms with Crippen LogP contribution < -0.4 is 4.57 Å². The second-order valence-corrected chi connectivity index (χ2v) is 14.2. The lowest BCUT2D eigenvalue weighted by molar-refractivity contribution is -0.646. The zero-order chi connectivity index (χ0) is 28.2. The first-order valence-electron chi connectivity index (χ1n) is 15.5. The van der Waals surface area contributed by atoms with E-state index in [1.807, 2.05) is 6.33 Å². The lowest BCUT2D eigenvalue weighted by atomic mass is 9.86. The van der Waals surface area contributed by atoms with Gasteiger partial charge in [-0.3, -0.25) is 0 Å². The smallest absolute Gasteiger partial charge is 0.287 e. The van der Waals surface area contributed by atoms with Crippen LogP contribution in [0.5, 0.6) is 0 Å². The maximum absolute atomic E-state index is 4.91. The van der Waals surface area contributed by atoms with Crippen LogP contribution in [0.2, 0.25) is 0 Å². The Morgan fingerprint density at radius 1 is 0.805 bits per heavy atom. The predicted molar refractivity (Wildman–Crippen MR) is 173 cm³/mol. The number of rotatable bonds is 3. The Kier molecular flexibility index (Phi) is 5.28. The van der Waals surface area contributed by atoms with Crippen molar-refractivity contribution in [2.45, 2.75) is 73.1 Å². The van der Waals surface area contributed by atoms with Gasteiger partial charge in [0.2, 0.25) is 0 Å². The Morgan fingerprint density at radius 2 is 1.54 bits per heavy atom. The van der Waals surface area contributed by atoms with Gasteiger partial charge in [0.15, 0.2) is 5.52 Å². The zero-order valence-corrected chi connectivity index (χ0v) is 25.4. The number of pyridine rings is 1. The van der Waals surface area contributed by atoms with Gasteiger partial charge in [0.05, 0.1) is 34.4 Å². The normalized spacial score (nSPS) is 15.3. The van der Waals surface area contributed by atoms with Gasteiger partial charge in [0.1, 0.15) is 5.52 Å². The molecule has 0 atom stereocenters. The lowest BCUT2D eigenvalue weighted by Gasteiger charge is -2.21. The van der Waals surface area contributed by atoms with Gasteiger partial charge in [-0.1, -0.05) is 76.8 Å². The van der Waals surface area contributed by atoms with Crippen molar-refractivity contribution in [3.8, 4) is 0 Å². The molecule has 3 nitrogen and oxygen atoms in total. The Balaban J connectivity index is 1.56. The molecule has 0 bridgehead atoms. The van der Waals surface area contributed by atoms with Crippen molar-refractivity contribution < 1.29 is 4.57 Å². The minimum Gasteiger partial charge on any atom is -0.307 e. The van der Waals surface area contributed by atoms with Crippen molar-refractivity contribution in [2.24, 2.45) is 18.4 Å². The van der Waals surface area contributed by atoms with E-state index in [2.05, 4.69) is 99.2 Å². The van der Waals surface area contributed by atoms with Gasteiger partial charge in [0.25, 0.3) is 6.33 Å². The van der Waals surface area contributed by atoms with Crippen LogP contribution >= 0.6 is 0 Å². The summed E-state index contributed by atoms with van der Waals surface area (Å²) in [6.07, 6.45) is 9.80. The number of nitrogens with zero attached hydrogens (tertiary/aromatic N) is 3. The maximum atomic E-state index is 4.91. The van der Waals surface area contributed by atoms with Crippen LogP contribution in [0.25, 0.3) is 59.9 Å². The van der Waals surface area contributed by atoms with Gasteiger partial charge in [-0.25, -0.2) is 4.57 Å². The fraction of sp³-hybridized carbons (Fsp3) is 0.368. The van der Waals surface area contributed by atoms with E-state index in [1.165, 1.54) is 109 Å². The van der Waals surface area contributed by atoms with Crippen LogP contribution in [-0.4, -0.2) is 9.38 Å². The molecular formula is C38H40N3+. The van der Waals surface area contributed by atoms with Crippen LogP contribution in [0.4, 0.5) is 0 Å². The third-order valence-electron chi connectivity index (χ3n) is 9.99. The summed E-state index contributed by atoms with van der Waals surface area (Å²) in [5.41, 5.74) is 12.2. The van der Waals surface area contributed by atoms with Gasteiger partial charge in [-0.15, -0.1) is 0 Å². The van der Waals surface area contributed by atoms with Crippen LogP contribution in [0, 0.1) is 25.2 Å². The standard InChI is InChI=1S/C38H40N3/c1-22-30-18-26(20-38(3,4)5)12-13-27(30)23(2)35-33(22)37-34-31(39-21-40(37)6)16-15-29-28-14-11-25(17-24-9-7-8-10-24)19-32(28)41(35)36(29)34/h11-16,18-19,21,24H,7-10,17,20H2,1-6H3/q+1. The highest BCUT2D eigenvalue weighted by atomic mass is 15.0. The summed E-state index contributed by atoms with van der Waals surface area (Å²) >= 11 is 0. The first kappa shape index (κ1) is 25.0. The molecule has 0 spiro atoms. The average Bonchev–Trinajstić information content (AvgIpc) is 3.56. The van der Waals surface area contributed by atoms with E-state index in [-0.39, 0.29) is 5.41 Å². The van der Waals surface area contributed by atoms with Crippen molar-refractivity contribution in [1.29, 1.82) is 0 Å². The monoisotopic (exact) mass is 538 g/mol. The van der Waals surface area contributed by atoms with Gasteiger partial charge >= 0.3 is 0 Å². The summed E-state index contributed by atoms with van der Waals surface area (Å²) in [4.78, 5) is 4.91. The largest absolute Gasteiger partial charge is 0.307 e. The average molecular weight is 539 g/mol. The molecule has 1 saturated carbocycles. The van der Waals surface area contributed by atoms with E-state index in [0.717, 1.165) is 17.9 Å². The Labute approximate surface area is 242 Å². The highest BCUT2D eigenvalue weighted by Crippen LogP contribution is 2.44. The summed E-state index contributed by atoms with van der Waals surface area (Å²) in [7, 11) is 2.16. The number of benzene rings is 4. The van der Waals surface area contributed by atoms with Crippen molar-refractivity contribution in [3.63, 3.8) is 0 Å². The number of aryl methyl sites for hydroxylation is 3. The van der Waals surface area contributed by atoms with E-state index in [4.69, 9.17) is 4.98 Å². The molecule has 1 fully saturated rings. The number of hydrogen-bond donors (Lipinski definition) is 0. The highest BCUT2D eigenvalue weighted by Gasteiger charge is 2.27. The molecular weight excluding hydrogens is 498 g/mol. The van der Waals surface area contributed by atoms with Gasteiger partial charge in [-0.05, 0) is 94.2 Å². The molecule has 1 aliphatic carbocycles. The number of aromatic nitrogens is 3. The molecule has 0 N–H and O–H groups in total. The number of fused-ring (bicyclic) bond motifs is 7. The second-order valence-electron chi connectivity index (χ2n) is 14.2. The summed E-state index contributed by atoms with van der Waals surface area (Å²) in [6.45, 7) is 11.7. The fourth-order valence-electron chi connectivity index (χ4n) is 8.22. The third-order valence-corrected chi connectivity index (χ3v) is 9.99. The van der Waals surface area contributed by atoms with Gasteiger partial charge < -0.3 is 4.40 Å². The SMILES string of the molecule is Cc1c2cc(CC(C)(C)C)ccc2c(C)c2c1c1c3c(ccc4c5ccc(CC6CCCC6)cc5n2c43)nc[n+]1C. The zero-order valence-electron chi connectivity index (χ0n) is 25.4. The fourth-order valence-corrected chi connectivity index (χ4v) is 8.22. The van der Waals surface area contributed by atoms with E-state index < -0.39 is 0 Å². The van der Waals surface area contributed by atoms with Crippen LogP contribution in [0.1, 0.15) is 68.7 Å². The molecule has 4 aromatic carbocycles. The van der Waals surface area contributed by atoms with Crippen molar-refractivity contribution in [2.75, 3.05) is 0 Å². The molecule has 3 heteroatoms. The van der Waals surface area contributed by atoms with Crippen LogP contribution in [0.3, 0.4) is 0 Å². The first-order chi connectivity index (χ1) is 19.7. The summed E-state index contributed by atoms with van der Waals surface area (Å²) in [6, 6.07) is 19.0. The molecule has 8 rings (SSSR count). The molecule has 0 saturated heterocycles. The van der Waals surface area contributed by atoms with E-state index in [9.17, 15) is 0 Å². The molecule has 1 aliphatic rings. The maximum Gasteiger partial charge on any atom is 0.287 e. The third kappa shape index (κ3) is 3.64. The molecule has 3 aromatic heterocycles. The molecule has 3 heterocycles. The highest BCUT2D eigenvalue weighted by molar-refractivity contribution is 6.28. The molecule has 0 amide bonds. The molecule has 0 radical (unpaired) electrons. The summed E-state index contributed by atoms with van der Waals surface area (Å²) in [5, 5.41) is 8.06. The second kappa shape index (κ2) is 8.64. The van der Waals surface area contributed by atoms with Crippen LogP contribution in [0.15, 0.2) is 54.9 Å². The number of hydrogen-bond acceptors (Lipinski definition) is 1. The van der Waals surface area contributed by atoms with E-state index >= 15 is 0 Å². The lowest BCUT2D eigenvalue weighted by Crippen LogP contribution is -2.30. The summed E-state index contributed by atoms with van der Waals surface area (Å²) < 4.78 is 4.87. The van der Waals surface area contributed by atoms with E-state index in [1.54, 1.807) is 0 Å². The molecule has 41 heavy (non-hydrogen) atoms. The summed E-state index contributed by atoms with van der Waals surface area (Å²) in [5.74, 6) is 0.830. The minimum atomic E-state index is 0.249. The van der Waals surface area contributed by atoms with Gasteiger partial charge in [-0.2, -0.15) is 0 Å². The molecule has 206 valence electrons. The van der Waals surface area contributed by atoms with Crippen molar-refractivity contribution >= 4 is 59.9 Å². The molecule has 0 aliphatic heterocycles. The first-order valence-corrected chi connectivity index (χ1v) is 15.5. The quantitative estimate of drug-likeness (QED) is 0.125. The topological polar surface area (TPSA) is 21.2 Å². The Hall–Kier alpha value is -3.72. The molecule has 0 unspecified atom stereocenters. The van der Waals surface area contributed by atoms with Gasteiger partial charge in [0, 0.05) is 10.8 Å². The van der Waals surface area contributed by atoms with E-state index in [0.29, 0.717) is 0 Å². The van der Waals surface area contributed by atoms with Crippen molar-refractivity contribution in [3.05, 3.63) is 77.1 Å². The van der Waals surface area contributed by atoms with Crippen molar-refractivity contribution in [1.82, 2.24) is 9.38 Å². The Morgan fingerprint density at radius 3 is 2.32 bits per heavy atom.